The standard InChI is InChI=1S/C14H16ClN3O2S/c15-13-4-1-11(2-5-13)7-8-18-21(19,20)14-6-3-12(9-16)10-17-14/h1-6,10,18H,7-9,16H2. The number of hydrogen-bond acceptors (Lipinski definition) is 4. The summed E-state index contributed by atoms with van der Waals surface area (Å²) in [6.45, 7) is 0.627. The zero-order valence-electron chi connectivity index (χ0n) is 11.3. The number of nitrogens with one attached hydrogen (secondary N) is 1. The molecular weight excluding hydrogens is 310 g/mol. The van der Waals surface area contributed by atoms with E-state index < -0.39 is 10.0 Å². The highest BCUT2D eigenvalue weighted by atomic mass is 35.5. The van der Waals surface area contributed by atoms with Gasteiger partial charge in [0.1, 0.15) is 0 Å². The Morgan fingerprint density at radius 1 is 1.10 bits per heavy atom. The molecule has 7 heteroatoms. The molecule has 0 bridgehead atoms. The monoisotopic (exact) mass is 325 g/mol. The van der Waals surface area contributed by atoms with Crippen LogP contribution in [0.4, 0.5) is 0 Å². The minimum atomic E-state index is -3.59. The fraction of sp³-hybridized carbons (Fsp3) is 0.214. The van der Waals surface area contributed by atoms with Gasteiger partial charge >= 0.3 is 0 Å². The predicted molar refractivity (Wildman–Crippen MR) is 82.5 cm³/mol. The van der Waals surface area contributed by atoms with Gasteiger partial charge in [-0.05, 0) is 35.7 Å². The van der Waals surface area contributed by atoms with E-state index in [2.05, 4.69) is 9.71 Å². The third-order valence-electron chi connectivity index (χ3n) is 2.93. The van der Waals surface area contributed by atoms with Crippen LogP contribution >= 0.6 is 11.6 Å². The van der Waals surface area contributed by atoms with Crippen LogP contribution < -0.4 is 10.5 Å². The summed E-state index contributed by atoms with van der Waals surface area (Å²) in [6.07, 6.45) is 2.05. The van der Waals surface area contributed by atoms with Gasteiger partial charge in [-0.2, -0.15) is 0 Å². The van der Waals surface area contributed by atoms with E-state index in [0.717, 1.165) is 11.1 Å². The molecule has 2 aromatic rings. The Morgan fingerprint density at radius 3 is 2.33 bits per heavy atom. The second-order valence-corrected chi connectivity index (χ2v) is 6.63. The molecule has 0 saturated heterocycles. The minimum absolute atomic E-state index is 0.00388. The third kappa shape index (κ3) is 4.50. The van der Waals surface area contributed by atoms with Crippen molar-refractivity contribution in [1.82, 2.24) is 9.71 Å². The van der Waals surface area contributed by atoms with E-state index in [1.54, 1.807) is 18.2 Å². The van der Waals surface area contributed by atoms with E-state index in [1.807, 2.05) is 12.1 Å². The SMILES string of the molecule is NCc1ccc(S(=O)(=O)NCCc2ccc(Cl)cc2)nc1. The average molecular weight is 326 g/mol. The summed E-state index contributed by atoms with van der Waals surface area (Å²) in [6, 6.07) is 10.4. The minimum Gasteiger partial charge on any atom is -0.326 e. The number of pyridine rings is 1. The van der Waals surface area contributed by atoms with Crippen molar-refractivity contribution in [3.63, 3.8) is 0 Å². The van der Waals surface area contributed by atoms with E-state index in [0.29, 0.717) is 24.5 Å². The van der Waals surface area contributed by atoms with Crippen LogP contribution in [0, 0.1) is 0 Å². The van der Waals surface area contributed by atoms with Crippen LogP contribution in [0.15, 0.2) is 47.6 Å². The largest absolute Gasteiger partial charge is 0.326 e. The average Bonchev–Trinajstić information content (AvgIpc) is 2.49. The fourth-order valence-electron chi connectivity index (χ4n) is 1.75. The Bertz CT molecular complexity index is 685. The maximum absolute atomic E-state index is 12.1. The number of aromatic nitrogens is 1. The first-order chi connectivity index (χ1) is 10.0. The highest BCUT2D eigenvalue weighted by Crippen LogP contribution is 2.10. The lowest BCUT2D eigenvalue weighted by molar-refractivity contribution is 0.577. The zero-order chi connectivity index (χ0) is 15.3. The first kappa shape index (κ1) is 15.9. The van der Waals surface area contributed by atoms with Gasteiger partial charge in [-0.1, -0.05) is 29.8 Å². The lowest BCUT2D eigenvalue weighted by Gasteiger charge is -2.07. The van der Waals surface area contributed by atoms with E-state index in [9.17, 15) is 8.42 Å². The van der Waals surface area contributed by atoms with Crippen molar-refractivity contribution in [3.8, 4) is 0 Å². The van der Waals surface area contributed by atoms with Crippen LogP contribution in [0.25, 0.3) is 0 Å². The summed E-state index contributed by atoms with van der Waals surface area (Å²) in [5.74, 6) is 0. The molecule has 0 radical (unpaired) electrons. The van der Waals surface area contributed by atoms with Gasteiger partial charge in [0.25, 0.3) is 10.0 Å². The Labute approximate surface area is 129 Å². The summed E-state index contributed by atoms with van der Waals surface area (Å²) < 4.78 is 26.6. The molecular formula is C14H16ClN3O2S. The molecule has 0 unspecified atom stereocenters. The van der Waals surface area contributed by atoms with Gasteiger partial charge < -0.3 is 5.73 Å². The van der Waals surface area contributed by atoms with E-state index in [1.165, 1.54) is 12.3 Å². The van der Waals surface area contributed by atoms with Crippen LogP contribution in [-0.4, -0.2) is 19.9 Å². The number of benzene rings is 1. The topological polar surface area (TPSA) is 85.1 Å². The molecule has 0 aliphatic carbocycles. The van der Waals surface area contributed by atoms with Gasteiger partial charge in [0.2, 0.25) is 0 Å². The highest BCUT2D eigenvalue weighted by molar-refractivity contribution is 7.89. The van der Waals surface area contributed by atoms with Crippen LogP contribution in [0.5, 0.6) is 0 Å². The van der Waals surface area contributed by atoms with Crippen LogP contribution in [-0.2, 0) is 23.0 Å². The van der Waals surface area contributed by atoms with Crippen molar-refractivity contribution in [2.45, 2.75) is 18.0 Å². The summed E-state index contributed by atoms with van der Waals surface area (Å²) in [4.78, 5) is 3.91. The Morgan fingerprint density at radius 2 is 1.76 bits per heavy atom. The van der Waals surface area contributed by atoms with Crippen molar-refractivity contribution < 1.29 is 8.42 Å². The molecule has 112 valence electrons. The lowest BCUT2D eigenvalue weighted by Crippen LogP contribution is -2.26. The summed E-state index contributed by atoms with van der Waals surface area (Å²) >= 11 is 5.79. The van der Waals surface area contributed by atoms with Crippen molar-refractivity contribution in [3.05, 3.63) is 58.7 Å². The molecule has 1 aromatic carbocycles. The number of sulfonamides is 1. The smallest absolute Gasteiger partial charge is 0.258 e. The molecule has 0 aliphatic rings. The molecule has 2 rings (SSSR count). The molecule has 3 N–H and O–H groups in total. The Kier molecular flexibility index (Phi) is 5.30. The number of nitrogens with two attached hydrogens (primary N) is 1. The normalized spacial score (nSPS) is 11.5. The summed E-state index contributed by atoms with van der Waals surface area (Å²) in [5.41, 5.74) is 7.24. The van der Waals surface area contributed by atoms with Gasteiger partial charge in [0.15, 0.2) is 5.03 Å². The maximum Gasteiger partial charge on any atom is 0.258 e. The van der Waals surface area contributed by atoms with Crippen LogP contribution in [0.3, 0.4) is 0 Å². The number of nitrogens with zero attached hydrogens (tertiary/aromatic N) is 1. The highest BCUT2D eigenvalue weighted by Gasteiger charge is 2.14. The van der Waals surface area contributed by atoms with Crippen LogP contribution in [0.1, 0.15) is 11.1 Å². The molecule has 0 saturated carbocycles. The molecule has 0 fully saturated rings. The quantitative estimate of drug-likeness (QED) is 0.846. The Balaban J connectivity index is 1.95. The molecule has 5 nitrogen and oxygen atoms in total. The first-order valence-electron chi connectivity index (χ1n) is 6.40. The van der Waals surface area contributed by atoms with Crippen LogP contribution in [0.2, 0.25) is 5.02 Å². The van der Waals surface area contributed by atoms with Crippen molar-refractivity contribution in [2.75, 3.05) is 6.54 Å². The van der Waals surface area contributed by atoms with Crippen molar-refractivity contribution in [2.24, 2.45) is 5.73 Å². The molecule has 0 amide bonds. The van der Waals surface area contributed by atoms with Gasteiger partial charge in [-0.3, -0.25) is 0 Å². The molecule has 0 atom stereocenters. The summed E-state index contributed by atoms with van der Waals surface area (Å²) in [5, 5.41) is 0.652. The molecule has 1 aromatic heterocycles. The maximum atomic E-state index is 12.1. The molecule has 0 spiro atoms. The van der Waals surface area contributed by atoms with Gasteiger partial charge in [0.05, 0.1) is 0 Å². The number of halogens is 1. The van der Waals surface area contributed by atoms with Gasteiger partial charge in [-0.25, -0.2) is 18.1 Å². The second-order valence-electron chi connectivity index (χ2n) is 4.48. The summed E-state index contributed by atoms with van der Waals surface area (Å²) in [7, 11) is -3.59. The number of rotatable bonds is 6. The fourth-order valence-corrected chi connectivity index (χ4v) is 2.83. The van der Waals surface area contributed by atoms with E-state index in [4.69, 9.17) is 17.3 Å². The first-order valence-corrected chi connectivity index (χ1v) is 8.26. The third-order valence-corrected chi connectivity index (χ3v) is 4.56. The van der Waals surface area contributed by atoms with Gasteiger partial charge in [-0.15, -0.1) is 0 Å². The van der Waals surface area contributed by atoms with Gasteiger partial charge in [0, 0.05) is 24.3 Å². The molecule has 21 heavy (non-hydrogen) atoms. The predicted octanol–water partition coefficient (Wildman–Crippen LogP) is 1.71. The van der Waals surface area contributed by atoms with E-state index >= 15 is 0 Å². The Hall–Kier alpha value is -1.47. The zero-order valence-corrected chi connectivity index (χ0v) is 12.9. The van der Waals surface area contributed by atoms with Crippen molar-refractivity contribution in [1.29, 1.82) is 0 Å². The van der Waals surface area contributed by atoms with E-state index in [-0.39, 0.29) is 5.03 Å². The van der Waals surface area contributed by atoms with Crippen molar-refractivity contribution >= 4 is 21.6 Å². The molecule has 0 aliphatic heterocycles. The number of hydrogen-bond donors (Lipinski definition) is 2. The second kappa shape index (κ2) is 7.00. The lowest BCUT2D eigenvalue weighted by atomic mass is 10.2. The molecule has 1 heterocycles.